The summed E-state index contributed by atoms with van der Waals surface area (Å²) in [6.45, 7) is 4.05. The molecule has 0 saturated carbocycles. The van der Waals surface area contributed by atoms with Gasteiger partial charge in [-0.15, -0.1) is 11.3 Å². The van der Waals surface area contributed by atoms with Crippen LogP contribution in [0.2, 0.25) is 0 Å². The van der Waals surface area contributed by atoms with Crippen molar-refractivity contribution < 1.29 is 5.11 Å². The van der Waals surface area contributed by atoms with Gasteiger partial charge in [0.1, 0.15) is 6.10 Å². The molecule has 0 aliphatic carbocycles. The SMILES string of the molecule is Cc1cc(Br)c(C(O)c2cc(C)c(Br)s2)cc1Br. The van der Waals surface area contributed by atoms with Crippen molar-refractivity contribution in [2.24, 2.45) is 0 Å². The summed E-state index contributed by atoms with van der Waals surface area (Å²) in [5.41, 5.74) is 3.17. The Morgan fingerprint density at radius 1 is 1.00 bits per heavy atom. The third-order valence-electron chi connectivity index (χ3n) is 2.72. The van der Waals surface area contributed by atoms with Gasteiger partial charge in [-0.1, -0.05) is 31.9 Å². The highest BCUT2D eigenvalue weighted by molar-refractivity contribution is 9.11. The number of thiophene rings is 1. The van der Waals surface area contributed by atoms with E-state index in [9.17, 15) is 5.11 Å². The Kier molecular flexibility index (Phi) is 4.70. The lowest BCUT2D eigenvalue weighted by Gasteiger charge is -2.13. The first-order valence-electron chi connectivity index (χ1n) is 5.29. The predicted molar refractivity (Wildman–Crippen MR) is 87.4 cm³/mol. The van der Waals surface area contributed by atoms with Crippen LogP contribution in [0.3, 0.4) is 0 Å². The van der Waals surface area contributed by atoms with Crippen molar-refractivity contribution in [3.63, 3.8) is 0 Å². The second-order valence-electron chi connectivity index (χ2n) is 4.13. The van der Waals surface area contributed by atoms with Crippen molar-refractivity contribution in [3.8, 4) is 0 Å². The molecule has 0 saturated heterocycles. The van der Waals surface area contributed by atoms with Crippen LogP contribution in [0, 0.1) is 13.8 Å². The van der Waals surface area contributed by atoms with E-state index in [-0.39, 0.29) is 0 Å². The third-order valence-corrected chi connectivity index (χ3v) is 6.45. The Hall–Kier alpha value is 0.320. The zero-order chi connectivity index (χ0) is 13.4. The number of aryl methyl sites for hydroxylation is 2. The monoisotopic (exact) mass is 452 g/mol. The minimum atomic E-state index is -0.605. The second-order valence-corrected chi connectivity index (χ2v) is 8.24. The molecular weight excluding hydrogens is 444 g/mol. The largest absolute Gasteiger partial charge is 0.383 e. The maximum atomic E-state index is 10.5. The average molecular weight is 455 g/mol. The highest BCUT2D eigenvalue weighted by Crippen LogP contribution is 2.38. The molecule has 0 aliphatic rings. The van der Waals surface area contributed by atoms with Crippen LogP contribution in [0.25, 0.3) is 0 Å². The minimum Gasteiger partial charge on any atom is -0.383 e. The Balaban J connectivity index is 2.45. The van der Waals surface area contributed by atoms with E-state index in [1.165, 1.54) is 0 Å². The van der Waals surface area contributed by atoms with Crippen molar-refractivity contribution in [2.75, 3.05) is 0 Å². The van der Waals surface area contributed by atoms with Gasteiger partial charge in [-0.2, -0.15) is 0 Å². The van der Waals surface area contributed by atoms with E-state index in [0.717, 1.165) is 34.3 Å². The Morgan fingerprint density at radius 2 is 1.67 bits per heavy atom. The molecule has 1 aromatic carbocycles. The summed E-state index contributed by atoms with van der Waals surface area (Å²) >= 11 is 12.1. The summed E-state index contributed by atoms with van der Waals surface area (Å²) in [5, 5.41) is 10.5. The van der Waals surface area contributed by atoms with E-state index in [1.54, 1.807) is 11.3 Å². The summed E-state index contributed by atoms with van der Waals surface area (Å²) in [5.74, 6) is 0. The van der Waals surface area contributed by atoms with Gasteiger partial charge in [0.15, 0.2) is 0 Å². The molecule has 1 atom stereocenters. The van der Waals surface area contributed by atoms with Gasteiger partial charge < -0.3 is 5.11 Å². The van der Waals surface area contributed by atoms with Crippen molar-refractivity contribution in [1.29, 1.82) is 0 Å². The second kappa shape index (κ2) is 5.75. The molecule has 0 radical (unpaired) electrons. The van der Waals surface area contributed by atoms with Crippen molar-refractivity contribution >= 4 is 59.1 Å². The van der Waals surface area contributed by atoms with Crippen LogP contribution < -0.4 is 0 Å². The number of halogens is 3. The van der Waals surface area contributed by atoms with Crippen LogP contribution in [0.1, 0.15) is 27.7 Å². The highest BCUT2D eigenvalue weighted by Gasteiger charge is 2.18. The summed E-state index contributed by atoms with van der Waals surface area (Å²) in [6.07, 6.45) is -0.605. The van der Waals surface area contributed by atoms with Crippen LogP contribution in [-0.2, 0) is 0 Å². The normalized spacial score (nSPS) is 12.8. The number of benzene rings is 1. The van der Waals surface area contributed by atoms with E-state index < -0.39 is 6.10 Å². The number of hydrogen-bond donors (Lipinski definition) is 1. The predicted octanol–water partition coefficient (Wildman–Crippen LogP) is 5.73. The van der Waals surface area contributed by atoms with Crippen molar-refractivity contribution in [3.05, 3.63) is 52.5 Å². The third kappa shape index (κ3) is 2.90. The van der Waals surface area contributed by atoms with Crippen LogP contribution in [0.4, 0.5) is 0 Å². The molecule has 18 heavy (non-hydrogen) atoms. The maximum Gasteiger partial charge on any atom is 0.114 e. The highest BCUT2D eigenvalue weighted by atomic mass is 79.9. The van der Waals surface area contributed by atoms with Gasteiger partial charge in [-0.3, -0.25) is 0 Å². The van der Waals surface area contributed by atoms with Gasteiger partial charge in [-0.05, 0) is 59.1 Å². The van der Waals surface area contributed by atoms with E-state index in [2.05, 4.69) is 47.8 Å². The molecule has 1 unspecified atom stereocenters. The number of hydrogen-bond acceptors (Lipinski definition) is 2. The Labute approximate surface area is 136 Å². The Morgan fingerprint density at radius 3 is 2.22 bits per heavy atom. The molecule has 0 bridgehead atoms. The molecule has 0 spiro atoms. The van der Waals surface area contributed by atoms with Crippen LogP contribution >= 0.6 is 59.1 Å². The first kappa shape index (κ1) is 14.7. The lowest BCUT2D eigenvalue weighted by Crippen LogP contribution is -1.99. The first-order chi connectivity index (χ1) is 8.40. The molecule has 96 valence electrons. The van der Waals surface area contributed by atoms with Gasteiger partial charge in [0, 0.05) is 19.4 Å². The topological polar surface area (TPSA) is 20.2 Å². The molecule has 1 aromatic heterocycles. The van der Waals surface area contributed by atoms with E-state index in [1.807, 2.05) is 32.0 Å². The van der Waals surface area contributed by atoms with Crippen LogP contribution in [-0.4, -0.2) is 5.11 Å². The fourth-order valence-electron chi connectivity index (χ4n) is 1.64. The lowest BCUT2D eigenvalue weighted by molar-refractivity contribution is 0.223. The molecule has 0 amide bonds. The van der Waals surface area contributed by atoms with E-state index in [0.29, 0.717) is 0 Å². The molecule has 1 N–H and O–H groups in total. The molecule has 2 rings (SSSR count). The van der Waals surface area contributed by atoms with Gasteiger partial charge in [-0.25, -0.2) is 0 Å². The van der Waals surface area contributed by atoms with Gasteiger partial charge in [0.2, 0.25) is 0 Å². The van der Waals surface area contributed by atoms with Crippen molar-refractivity contribution in [1.82, 2.24) is 0 Å². The average Bonchev–Trinajstić information content (AvgIpc) is 2.63. The first-order valence-corrected chi connectivity index (χ1v) is 8.49. The zero-order valence-corrected chi connectivity index (χ0v) is 15.4. The summed E-state index contributed by atoms with van der Waals surface area (Å²) in [6, 6.07) is 5.99. The lowest BCUT2D eigenvalue weighted by atomic mass is 10.1. The molecular formula is C13H11Br3OS. The molecule has 5 heteroatoms. The van der Waals surface area contributed by atoms with E-state index in [4.69, 9.17) is 0 Å². The zero-order valence-electron chi connectivity index (χ0n) is 9.80. The molecule has 0 fully saturated rings. The van der Waals surface area contributed by atoms with Gasteiger partial charge in [0.05, 0.1) is 3.79 Å². The van der Waals surface area contributed by atoms with Crippen LogP contribution in [0.15, 0.2) is 30.9 Å². The molecule has 1 nitrogen and oxygen atoms in total. The minimum absolute atomic E-state index is 0.605. The fraction of sp³-hybridized carbons (Fsp3) is 0.231. The summed E-state index contributed by atoms with van der Waals surface area (Å²) in [7, 11) is 0. The van der Waals surface area contributed by atoms with Gasteiger partial charge in [0.25, 0.3) is 0 Å². The maximum absolute atomic E-state index is 10.5. The standard InChI is InChI=1S/C13H11Br3OS/c1-6-3-10(15)8(5-9(6)14)12(17)11-4-7(2)13(16)18-11/h3-5,12,17H,1-2H3. The smallest absolute Gasteiger partial charge is 0.114 e. The van der Waals surface area contributed by atoms with E-state index >= 15 is 0 Å². The summed E-state index contributed by atoms with van der Waals surface area (Å²) in [4.78, 5) is 0.941. The fourth-order valence-corrected chi connectivity index (χ4v) is 4.25. The molecule has 1 heterocycles. The summed E-state index contributed by atoms with van der Waals surface area (Å²) < 4.78 is 3.00. The van der Waals surface area contributed by atoms with Crippen LogP contribution in [0.5, 0.6) is 0 Å². The molecule has 2 aromatic rings. The quantitative estimate of drug-likeness (QED) is 0.614. The van der Waals surface area contributed by atoms with Gasteiger partial charge >= 0.3 is 0 Å². The van der Waals surface area contributed by atoms with Crippen molar-refractivity contribution in [2.45, 2.75) is 20.0 Å². The Bertz CT molecular complexity index is 573. The number of aliphatic hydroxyl groups is 1. The number of aliphatic hydroxyl groups excluding tert-OH is 1. The number of rotatable bonds is 2. The molecule has 0 aliphatic heterocycles.